The molecule has 7 nitrogen and oxygen atoms in total. The Hall–Kier alpha value is -3.48. The number of hydrogen-bond acceptors (Lipinski definition) is 4. The Kier molecular flexibility index (Phi) is 3.13. The molecule has 4 rings (SSSR count). The number of primary amides is 1. The van der Waals surface area contributed by atoms with Crippen molar-refractivity contribution < 1.29 is 4.79 Å². The molecular formula is C17H14N6O. The zero-order chi connectivity index (χ0) is 16.7. The number of aryl methyl sites for hydroxylation is 1. The minimum atomic E-state index is -0.473. The first-order chi connectivity index (χ1) is 11.6. The summed E-state index contributed by atoms with van der Waals surface area (Å²) in [4.78, 5) is 20.2. The third-order valence-corrected chi connectivity index (χ3v) is 3.78. The molecule has 0 unspecified atom stereocenters. The van der Waals surface area contributed by atoms with Gasteiger partial charge in [0.25, 0.3) is 0 Å². The maximum atomic E-state index is 11.8. The highest BCUT2D eigenvalue weighted by Gasteiger charge is 2.16. The first-order valence-electron chi connectivity index (χ1n) is 7.38. The highest BCUT2D eigenvalue weighted by atomic mass is 16.1. The molecule has 3 heterocycles. The molecule has 0 saturated carbocycles. The summed E-state index contributed by atoms with van der Waals surface area (Å²) in [6.45, 7) is 1.90. The van der Waals surface area contributed by atoms with Crippen LogP contribution in [0.25, 0.3) is 22.7 Å². The van der Waals surface area contributed by atoms with E-state index in [1.807, 2.05) is 41.9 Å². The number of imidazole rings is 1. The van der Waals surface area contributed by atoms with Crippen molar-refractivity contribution >= 4 is 11.7 Å². The van der Waals surface area contributed by atoms with Gasteiger partial charge in [-0.05, 0) is 19.1 Å². The molecule has 118 valence electrons. The van der Waals surface area contributed by atoms with Gasteiger partial charge in [0.2, 0.25) is 11.7 Å². The smallest absolute Gasteiger partial charge is 0.249 e. The van der Waals surface area contributed by atoms with Gasteiger partial charge < -0.3 is 5.73 Å². The molecule has 0 bridgehead atoms. The summed E-state index contributed by atoms with van der Waals surface area (Å²) < 4.78 is 3.57. The number of rotatable bonds is 3. The van der Waals surface area contributed by atoms with Crippen molar-refractivity contribution in [2.75, 3.05) is 0 Å². The first-order valence-corrected chi connectivity index (χ1v) is 7.38. The molecule has 2 N–H and O–H groups in total. The summed E-state index contributed by atoms with van der Waals surface area (Å²) in [7, 11) is 0. The van der Waals surface area contributed by atoms with Crippen LogP contribution in [0.3, 0.4) is 0 Å². The van der Waals surface area contributed by atoms with Gasteiger partial charge in [0.1, 0.15) is 5.69 Å². The zero-order valence-electron chi connectivity index (χ0n) is 12.9. The van der Waals surface area contributed by atoms with E-state index in [1.54, 1.807) is 29.2 Å². The van der Waals surface area contributed by atoms with E-state index in [2.05, 4.69) is 15.1 Å². The predicted molar refractivity (Wildman–Crippen MR) is 88.8 cm³/mol. The first kappa shape index (κ1) is 14.1. The monoisotopic (exact) mass is 318 g/mol. The van der Waals surface area contributed by atoms with E-state index in [9.17, 15) is 4.79 Å². The number of carbonyl (C=O) groups excluding carboxylic acids is 1. The fraction of sp³-hybridized carbons (Fsp3) is 0.0588. The van der Waals surface area contributed by atoms with Crippen LogP contribution in [0.4, 0.5) is 0 Å². The van der Waals surface area contributed by atoms with Crippen LogP contribution in [0.5, 0.6) is 0 Å². The predicted octanol–water partition coefficient (Wildman–Crippen LogP) is 1.99. The molecule has 0 saturated heterocycles. The minimum Gasteiger partial charge on any atom is -0.366 e. The molecule has 0 aliphatic rings. The maximum absolute atomic E-state index is 11.8. The lowest BCUT2D eigenvalue weighted by molar-refractivity contribution is 0.100. The van der Waals surface area contributed by atoms with Gasteiger partial charge >= 0.3 is 0 Å². The molecule has 0 spiro atoms. The van der Waals surface area contributed by atoms with Crippen molar-refractivity contribution in [1.82, 2.24) is 24.1 Å². The van der Waals surface area contributed by atoms with Gasteiger partial charge in [-0.2, -0.15) is 5.10 Å². The van der Waals surface area contributed by atoms with Gasteiger partial charge in [-0.25, -0.2) is 14.6 Å². The van der Waals surface area contributed by atoms with E-state index in [0.717, 1.165) is 22.6 Å². The van der Waals surface area contributed by atoms with Gasteiger partial charge in [0.15, 0.2) is 0 Å². The normalized spacial score (nSPS) is 11.0. The zero-order valence-corrected chi connectivity index (χ0v) is 12.9. The van der Waals surface area contributed by atoms with Crippen molar-refractivity contribution in [2.24, 2.45) is 5.73 Å². The average Bonchev–Trinajstić information content (AvgIpc) is 3.20. The average molecular weight is 318 g/mol. The molecule has 1 amide bonds. The lowest BCUT2D eigenvalue weighted by atomic mass is 10.0. The topological polar surface area (TPSA) is 91.1 Å². The van der Waals surface area contributed by atoms with E-state index in [1.165, 1.54) is 0 Å². The Balaban J connectivity index is 1.94. The van der Waals surface area contributed by atoms with Crippen LogP contribution in [0, 0.1) is 6.92 Å². The number of aromatic nitrogens is 5. The van der Waals surface area contributed by atoms with E-state index in [0.29, 0.717) is 11.3 Å². The fourth-order valence-corrected chi connectivity index (χ4v) is 2.72. The van der Waals surface area contributed by atoms with E-state index in [-0.39, 0.29) is 0 Å². The quantitative estimate of drug-likeness (QED) is 0.625. The van der Waals surface area contributed by atoms with E-state index < -0.39 is 5.91 Å². The van der Waals surface area contributed by atoms with E-state index in [4.69, 9.17) is 5.73 Å². The van der Waals surface area contributed by atoms with Crippen LogP contribution in [0.15, 0.2) is 55.1 Å². The van der Waals surface area contributed by atoms with Crippen molar-refractivity contribution in [3.8, 4) is 16.9 Å². The van der Waals surface area contributed by atoms with Crippen LogP contribution >= 0.6 is 0 Å². The Morgan fingerprint density at radius 1 is 1.21 bits per heavy atom. The number of nitrogens with zero attached hydrogens (tertiary/aromatic N) is 5. The summed E-state index contributed by atoms with van der Waals surface area (Å²) in [6.07, 6.45) is 7.09. The summed E-state index contributed by atoms with van der Waals surface area (Å²) >= 11 is 0. The summed E-state index contributed by atoms with van der Waals surface area (Å²) in [5.74, 6) is 0.140. The van der Waals surface area contributed by atoms with Crippen molar-refractivity contribution in [1.29, 1.82) is 0 Å². The standard InChI is InChI=1S/C17H14N6O/c1-11-8-15(13-4-2-3-5-14(13)16(18)24)23(21-11)12-9-20-17-19-6-7-22(17)10-12/h2-10H,1H3,(H2,18,24). The molecule has 0 atom stereocenters. The number of hydrogen-bond donors (Lipinski definition) is 1. The summed E-state index contributed by atoms with van der Waals surface area (Å²) in [5.41, 5.74) is 9.08. The summed E-state index contributed by atoms with van der Waals surface area (Å²) in [6, 6.07) is 9.14. The van der Waals surface area contributed by atoms with Gasteiger partial charge in [-0.15, -0.1) is 0 Å². The minimum absolute atomic E-state index is 0.454. The van der Waals surface area contributed by atoms with Crippen LogP contribution in [0.2, 0.25) is 0 Å². The second-order valence-corrected chi connectivity index (χ2v) is 5.44. The number of nitrogens with two attached hydrogens (primary N) is 1. The van der Waals surface area contributed by atoms with Crippen LogP contribution in [0.1, 0.15) is 16.1 Å². The SMILES string of the molecule is Cc1cc(-c2ccccc2C(N)=O)n(-c2cnc3nccn3c2)n1. The lowest BCUT2D eigenvalue weighted by Gasteiger charge is -2.10. The van der Waals surface area contributed by atoms with Gasteiger partial charge in [0.05, 0.1) is 17.6 Å². The maximum Gasteiger partial charge on any atom is 0.249 e. The second-order valence-electron chi connectivity index (χ2n) is 5.44. The third-order valence-electron chi connectivity index (χ3n) is 3.78. The molecule has 24 heavy (non-hydrogen) atoms. The van der Waals surface area contributed by atoms with E-state index >= 15 is 0 Å². The number of amides is 1. The molecule has 0 radical (unpaired) electrons. The van der Waals surface area contributed by atoms with Crippen LogP contribution in [-0.2, 0) is 0 Å². The highest BCUT2D eigenvalue weighted by Crippen LogP contribution is 2.26. The molecular weight excluding hydrogens is 304 g/mol. The Labute approximate surface area is 137 Å². The number of fused-ring (bicyclic) bond motifs is 1. The second kappa shape index (κ2) is 5.31. The molecule has 0 aliphatic heterocycles. The summed E-state index contributed by atoms with van der Waals surface area (Å²) in [5, 5.41) is 4.54. The molecule has 1 aromatic carbocycles. The highest BCUT2D eigenvalue weighted by molar-refractivity contribution is 5.99. The molecule has 3 aromatic heterocycles. The van der Waals surface area contributed by atoms with Crippen LogP contribution < -0.4 is 5.73 Å². The van der Waals surface area contributed by atoms with Gasteiger partial charge in [-0.1, -0.05) is 18.2 Å². The molecule has 0 fully saturated rings. The Morgan fingerprint density at radius 3 is 2.88 bits per heavy atom. The number of benzene rings is 1. The number of carbonyl (C=O) groups is 1. The van der Waals surface area contributed by atoms with Gasteiger partial charge in [-0.3, -0.25) is 9.20 Å². The van der Waals surface area contributed by atoms with Crippen molar-refractivity contribution in [3.63, 3.8) is 0 Å². The Morgan fingerprint density at radius 2 is 2.04 bits per heavy atom. The van der Waals surface area contributed by atoms with Gasteiger partial charge in [0, 0.05) is 29.7 Å². The Bertz CT molecular complexity index is 1060. The fourth-order valence-electron chi connectivity index (χ4n) is 2.72. The lowest BCUT2D eigenvalue weighted by Crippen LogP contribution is -2.13. The molecule has 7 heteroatoms. The molecule has 0 aliphatic carbocycles. The largest absolute Gasteiger partial charge is 0.366 e. The third kappa shape index (κ3) is 2.23. The van der Waals surface area contributed by atoms with Crippen molar-refractivity contribution in [3.05, 3.63) is 66.4 Å². The molecule has 4 aromatic rings. The van der Waals surface area contributed by atoms with Crippen LogP contribution in [-0.4, -0.2) is 30.1 Å². The van der Waals surface area contributed by atoms with Crippen molar-refractivity contribution in [2.45, 2.75) is 6.92 Å².